The first-order valence-corrected chi connectivity index (χ1v) is 8.39. The molecule has 4 nitrogen and oxygen atoms in total. The van der Waals surface area contributed by atoms with Gasteiger partial charge in [-0.3, -0.25) is 9.69 Å². The fraction of sp³-hybridized carbons (Fsp3) is 0.938. The smallest absolute Gasteiger partial charge is 0.317 e. The topological polar surface area (TPSA) is 52.6 Å². The molecule has 2 aliphatic carbocycles. The van der Waals surface area contributed by atoms with Gasteiger partial charge in [0.1, 0.15) is 0 Å². The maximum Gasteiger partial charge on any atom is 0.317 e. The van der Waals surface area contributed by atoms with Crippen LogP contribution in [0.2, 0.25) is 0 Å². The molecule has 0 radical (unpaired) electrons. The Morgan fingerprint density at radius 2 is 1.80 bits per heavy atom. The summed E-state index contributed by atoms with van der Waals surface area (Å²) in [7, 11) is 0. The number of likely N-dealkylation sites (tertiary alicyclic amines) is 1. The van der Waals surface area contributed by atoms with Gasteiger partial charge < -0.3 is 10.4 Å². The largest absolute Gasteiger partial charge is 0.480 e. The zero-order valence-electron chi connectivity index (χ0n) is 12.4. The van der Waals surface area contributed by atoms with Crippen molar-refractivity contribution in [1.82, 2.24) is 10.2 Å². The maximum absolute atomic E-state index is 11.0. The predicted molar refractivity (Wildman–Crippen MR) is 78.7 cm³/mol. The van der Waals surface area contributed by atoms with Crippen molar-refractivity contribution in [1.29, 1.82) is 0 Å². The molecule has 1 saturated heterocycles. The lowest BCUT2D eigenvalue weighted by Crippen LogP contribution is -2.52. The molecule has 0 amide bonds. The van der Waals surface area contributed by atoms with Gasteiger partial charge in [0.2, 0.25) is 0 Å². The van der Waals surface area contributed by atoms with Crippen molar-refractivity contribution in [2.75, 3.05) is 19.6 Å². The van der Waals surface area contributed by atoms with Crippen LogP contribution in [0, 0.1) is 11.8 Å². The molecule has 2 N–H and O–H groups in total. The normalized spacial score (nSPS) is 32.6. The van der Waals surface area contributed by atoms with E-state index >= 15 is 0 Å². The fourth-order valence-electron chi connectivity index (χ4n) is 4.17. The Morgan fingerprint density at radius 3 is 2.45 bits per heavy atom. The number of rotatable bonds is 6. The van der Waals surface area contributed by atoms with E-state index in [0.717, 1.165) is 19.0 Å². The summed E-state index contributed by atoms with van der Waals surface area (Å²) in [6, 6.07) is 1.20. The highest BCUT2D eigenvalue weighted by Crippen LogP contribution is 2.38. The van der Waals surface area contributed by atoms with E-state index in [1.54, 1.807) is 0 Å². The fourth-order valence-corrected chi connectivity index (χ4v) is 4.17. The molecule has 3 fully saturated rings. The third kappa shape index (κ3) is 4.19. The molecule has 4 heteroatoms. The highest BCUT2D eigenvalue weighted by Gasteiger charge is 2.33. The molecule has 0 aromatic carbocycles. The summed E-state index contributed by atoms with van der Waals surface area (Å²) in [5, 5.41) is 12.9. The molecule has 0 aromatic rings. The van der Waals surface area contributed by atoms with Crippen molar-refractivity contribution >= 4 is 5.97 Å². The lowest BCUT2D eigenvalue weighted by molar-refractivity contribution is -0.138. The SMILES string of the molecule is O=C(O)CN1CC(CC2CC2)CC(NC2CCCC2)C1. The molecule has 2 atom stereocenters. The van der Waals surface area contributed by atoms with Gasteiger partial charge in [-0.05, 0) is 37.5 Å². The molecular weight excluding hydrogens is 252 g/mol. The van der Waals surface area contributed by atoms with Gasteiger partial charge in [0, 0.05) is 25.2 Å². The summed E-state index contributed by atoms with van der Waals surface area (Å²) < 4.78 is 0. The van der Waals surface area contributed by atoms with Crippen molar-refractivity contribution in [3.8, 4) is 0 Å². The van der Waals surface area contributed by atoms with E-state index < -0.39 is 5.97 Å². The number of nitrogens with zero attached hydrogens (tertiary/aromatic N) is 1. The Hall–Kier alpha value is -0.610. The highest BCUT2D eigenvalue weighted by molar-refractivity contribution is 5.69. The van der Waals surface area contributed by atoms with E-state index in [9.17, 15) is 4.79 Å². The van der Waals surface area contributed by atoms with Crippen molar-refractivity contribution in [3.63, 3.8) is 0 Å². The number of aliphatic carboxylic acids is 1. The van der Waals surface area contributed by atoms with E-state index in [0.29, 0.717) is 18.0 Å². The molecule has 3 aliphatic rings. The van der Waals surface area contributed by atoms with Crippen molar-refractivity contribution < 1.29 is 9.90 Å². The zero-order chi connectivity index (χ0) is 13.9. The molecule has 114 valence electrons. The Bertz CT molecular complexity index is 337. The summed E-state index contributed by atoms with van der Waals surface area (Å²) >= 11 is 0. The molecule has 1 heterocycles. The van der Waals surface area contributed by atoms with Gasteiger partial charge in [-0.15, -0.1) is 0 Å². The Morgan fingerprint density at radius 1 is 1.05 bits per heavy atom. The molecule has 0 bridgehead atoms. The van der Waals surface area contributed by atoms with Gasteiger partial charge in [0.05, 0.1) is 6.54 Å². The summed E-state index contributed by atoms with van der Waals surface area (Å²) in [5.74, 6) is 0.961. The minimum absolute atomic E-state index is 0.212. The van der Waals surface area contributed by atoms with Gasteiger partial charge in [0.25, 0.3) is 0 Å². The number of hydrogen-bond donors (Lipinski definition) is 2. The highest BCUT2D eigenvalue weighted by atomic mass is 16.4. The lowest BCUT2D eigenvalue weighted by Gasteiger charge is -2.38. The van der Waals surface area contributed by atoms with E-state index in [4.69, 9.17) is 5.11 Å². The minimum Gasteiger partial charge on any atom is -0.480 e. The van der Waals surface area contributed by atoms with Crippen LogP contribution >= 0.6 is 0 Å². The number of piperidine rings is 1. The minimum atomic E-state index is -0.684. The standard InChI is InChI=1S/C16H28N2O2/c19-16(20)11-18-9-13(7-12-5-6-12)8-15(10-18)17-14-3-1-2-4-14/h12-15,17H,1-11H2,(H,19,20). The van der Waals surface area contributed by atoms with Gasteiger partial charge in [-0.1, -0.05) is 25.7 Å². The molecule has 3 rings (SSSR count). The van der Waals surface area contributed by atoms with Crippen LogP contribution in [0.15, 0.2) is 0 Å². The lowest BCUT2D eigenvalue weighted by atomic mass is 9.89. The second-order valence-corrected chi connectivity index (χ2v) is 7.21. The first-order chi connectivity index (χ1) is 9.69. The molecule has 1 aliphatic heterocycles. The quantitative estimate of drug-likeness (QED) is 0.782. The second-order valence-electron chi connectivity index (χ2n) is 7.21. The molecule has 20 heavy (non-hydrogen) atoms. The van der Waals surface area contributed by atoms with Crippen LogP contribution < -0.4 is 5.32 Å². The van der Waals surface area contributed by atoms with E-state index in [1.165, 1.54) is 51.4 Å². The van der Waals surface area contributed by atoms with Crippen LogP contribution in [-0.2, 0) is 4.79 Å². The first kappa shape index (κ1) is 14.3. The third-order valence-electron chi connectivity index (χ3n) is 5.16. The molecule has 0 aromatic heterocycles. The summed E-state index contributed by atoms with van der Waals surface area (Å²) in [5.41, 5.74) is 0. The van der Waals surface area contributed by atoms with Gasteiger partial charge >= 0.3 is 5.97 Å². The van der Waals surface area contributed by atoms with Crippen LogP contribution in [0.5, 0.6) is 0 Å². The predicted octanol–water partition coefficient (Wildman–Crippen LogP) is 2.09. The summed E-state index contributed by atoms with van der Waals surface area (Å²) in [4.78, 5) is 13.2. The Balaban J connectivity index is 1.54. The summed E-state index contributed by atoms with van der Waals surface area (Å²) in [6.07, 6.45) is 10.7. The number of hydrogen-bond acceptors (Lipinski definition) is 3. The van der Waals surface area contributed by atoms with E-state index in [1.807, 2.05) is 0 Å². The number of carboxylic acid groups (broad SMARTS) is 1. The van der Waals surface area contributed by atoms with Crippen molar-refractivity contribution in [2.24, 2.45) is 11.8 Å². The maximum atomic E-state index is 11.0. The van der Waals surface area contributed by atoms with E-state index in [2.05, 4.69) is 10.2 Å². The Labute approximate surface area is 121 Å². The van der Waals surface area contributed by atoms with E-state index in [-0.39, 0.29) is 6.54 Å². The van der Waals surface area contributed by atoms with Gasteiger partial charge in [-0.25, -0.2) is 0 Å². The van der Waals surface area contributed by atoms with Crippen LogP contribution in [0.3, 0.4) is 0 Å². The number of carboxylic acids is 1. The third-order valence-corrected chi connectivity index (χ3v) is 5.16. The van der Waals surface area contributed by atoms with Crippen LogP contribution in [0.1, 0.15) is 51.4 Å². The Kier molecular flexibility index (Phi) is 4.61. The molecule has 2 unspecified atom stereocenters. The summed E-state index contributed by atoms with van der Waals surface area (Å²) in [6.45, 7) is 2.12. The molecule has 2 saturated carbocycles. The second kappa shape index (κ2) is 6.44. The monoisotopic (exact) mass is 280 g/mol. The average molecular weight is 280 g/mol. The average Bonchev–Trinajstić information content (AvgIpc) is 3.02. The van der Waals surface area contributed by atoms with Crippen molar-refractivity contribution in [3.05, 3.63) is 0 Å². The number of carbonyl (C=O) groups is 1. The van der Waals surface area contributed by atoms with Crippen LogP contribution in [0.25, 0.3) is 0 Å². The van der Waals surface area contributed by atoms with Crippen LogP contribution in [-0.4, -0.2) is 47.7 Å². The van der Waals surface area contributed by atoms with Gasteiger partial charge in [-0.2, -0.15) is 0 Å². The number of nitrogens with one attached hydrogen (secondary N) is 1. The van der Waals surface area contributed by atoms with Crippen LogP contribution in [0.4, 0.5) is 0 Å². The molecule has 0 spiro atoms. The molecular formula is C16H28N2O2. The van der Waals surface area contributed by atoms with Gasteiger partial charge in [0.15, 0.2) is 0 Å². The van der Waals surface area contributed by atoms with Crippen molar-refractivity contribution in [2.45, 2.75) is 63.5 Å². The first-order valence-electron chi connectivity index (χ1n) is 8.39. The zero-order valence-corrected chi connectivity index (χ0v) is 12.4.